The van der Waals surface area contributed by atoms with E-state index in [0.717, 1.165) is 13.1 Å². The fourth-order valence-electron chi connectivity index (χ4n) is 1.35. The van der Waals surface area contributed by atoms with Gasteiger partial charge in [0.2, 0.25) is 0 Å². The molecule has 1 aromatic rings. The summed E-state index contributed by atoms with van der Waals surface area (Å²) in [6.45, 7) is 2.99. The van der Waals surface area contributed by atoms with Crippen LogP contribution in [0.1, 0.15) is 23.5 Å². The Labute approximate surface area is 97.0 Å². The Bertz CT molecular complexity index is 440. The molecule has 0 saturated carbocycles. The van der Waals surface area contributed by atoms with Crippen molar-refractivity contribution < 1.29 is 14.7 Å². The molecule has 0 aromatic carbocycles. The van der Waals surface area contributed by atoms with Crippen molar-refractivity contribution in [2.75, 3.05) is 13.1 Å². The van der Waals surface area contributed by atoms with Crippen LogP contribution in [0.3, 0.4) is 0 Å². The van der Waals surface area contributed by atoms with E-state index in [1.807, 2.05) is 0 Å². The summed E-state index contributed by atoms with van der Waals surface area (Å²) in [4.78, 5) is 22.2. The summed E-state index contributed by atoms with van der Waals surface area (Å²) in [6.07, 6.45) is 1.52. The zero-order valence-electron chi connectivity index (χ0n) is 9.25. The first-order chi connectivity index (χ1) is 8.08. The topological polar surface area (TPSA) is 109 Å². The Morgan fingerprint density at radius 1 is 1.65 bits per heavy atom. The number of hydrogen-bond donors (Lipinski definition) is 3. The minimum absolute atomic E-state index is 0.130. The van der Waals surface area contributed by atoms with Crippen molar-refractivity contribution in [1.29, 1.82) is 0 Å². The average Bonchev–Trinajstić information content (AvgIpc) is 2.63. The Hall–Kier alpha value is -1.96. The maximum absolute atomic E-state index is 11.6. The molecule has 2 rings (SSSR count). The number of aliphatic carboxylic acids is 1. The van der Waals surface area contributed by atoms with E-state index in [1.54, 1.807) is 4.68 Å². The third-order valence-corrected chi connectivity index (χ3v) is 2.59. The van der Waals surface area contributed by atoms with Crippen molar-refractivity contribution in [3.63, 3.8) is 0 Å². The summed E-state index contributed by atoms with van der Waals surface area (Å²) in [6, 6.07) is -0.723. The predicted octanol–water partition coefficient (Wildman–Crippen LogP) is -1.37. The van der Waals surface area contributed by atoms with Gasteiger partial charge in [0.05, 0.1) is 12.2 Å². The summed E-state index contributed by atoms with van der Waals surface area (Å²) >= 11 is 0. The van der Waals surface area contributed by atoms with Crippen molar-refractivity contribution >= 4 is 11.9 Å². The zero-order chi connectivity index (χ0) is 12.4. The average molecular weight is 239 g/mol. The standard InChI is InChI=1S/C9H13N5O3/c1-5(9(16)17)11-8(15)7-4-14(13-12-7)6-2-10-3-6/h4-6,10H,2-3H2,1H3,(H,11,15)(H,16,17). The summed E-state index contributed by atoms with van der Waals surface area (Å²) in [5.41, 5.74) is 0.130. The number of aromatic nitrogens is 3. The molecule has 1 saturated heterocycles. The van der Waals surface area contributed by atoms with Gasteiger partial charge in [0, 0.05) is 13.1 Å². The van der Waals surface area contributed by atoms with Crippen LogP contribution in [0.4, 0.5) is 0 Å². The largest absolute Gasteiger partial charge is 0.480 e. The highest BCUT2D eigenvalue weighted by molar-refractivity contribution is 5.94. The number of rotatable bonds is 4. The van der Waals surface area contributed by atoms with Crippen LogP contribution in [0.2, 0.25) is 0 Å². The number of carbonyl (C=O) groups is 2. The molecule has 0 aliphatic carbocycles. The van der Waals surface area contributed by atoms with E-state index < -0.39 is 17.9 Å². The molecule has 0 spiro atoms. The van der Waals surface area contributed by atoms with Gasteiger partial charge in [0.15, 0.2) is 5.69 Å². The molecule has 92 valence electrons. The number of carboxylic acid groups (broad SMARTS) is 1. The lowest BCUT2D eigenvalue weighted by Crippen LogP contribution is -2.43. The van der Waals surface area contributed by atoms with Gasteiger partial charge in [-0.25, -0.2) is 4.68 Å². The molecule has 1 aliphatic rings. The molecular formula is C9H13N5O3. The fourth-order valence-corrected chi connectivity index (χ4v) is 1.35. The molecule has 8 heteroatoms. The lowest BCUT2D eigenvalue weighted by atomic mass is 10.2. The second-order valence-electron chi connectivity index (χ2n) is 3.93. The van der Waals surface area contributed by atoms with E-state index >= 15 is 0 Å². The molecule has 1 aromatic heterocycles. The van der Waals surface area contributed by atoms with Gasteiger partial charge < -0.3 is 15.7 Å². The van der Waals surface area contributed by atoms with E-state index in [1.165, 1.54) is 13.1 Å². The normalized spacial score (nSPS) is 17.2. The van der Waals surface area contributed by atoms with Crippen molar-refractivity contribution in [3.05, 3.63) is 11.9 Å². The molecule has 0 bridgehead atoms. The van der Waals surface area contributed by atoms with Crippen LogP contribution in [0.15, 0.2) is 6.20 Å². The zero-order valence-corrected chi connectivity index (χ0v) is 9.25. The van der Waals surface area contributed by atoms with Crippen molar-refractivity contribution in [2.24, 2.45) is 0 Å². The summed E-state index contributed by atoms with van der Waals surface area (Å²) < 4.78 is 1.61. The summed E-state index contributed by atoms with van der Waals surface area (Å²) in [7, 11) is 0. The maximum Gasteiger partial charge on any atom is 0.325 e. The molecule has 3 N–H and O–H groups in total. The van der Waals surface area contributed by atoms with Crippen molar-refractivity contribution in [1.82, 2.24) is 25.6 Å². The molecule has 0 radical (unpaired) electrons. The first-order valence-electron chi connectivity index (χ1n) is 5.24. The van der Waals surface area contributed by atoms with Crippen LogP contribution in [-0.4, -0.2) is 51.1 Å². The van der Waals surface area contributed by atoms with Gasteiger partial charge >= 0.3 is 5.97 Å². The maximum atomic E-state index is 11.6. The Morgan fingerprint density at radius 2 is 2.35 bits per heavy atom. The molecule has 8 nitrogen and oxygen atoms in total. The van der Waals surface area contributed by atoms with Gasteiger partial charge in [-0.05, 0) is 6.92 Å². The van der Waals surface area contributed by atoms with Crippen LogP contribution in [0.5, 0.6) is 0 Å². The van der Waals surface area contributed by atoms with Crippen LogP contribution in [0, 0.1) is 0 Å². The first kappa shape index (κ1) is 11.5. The second-order valence-corrected chi connectivity index (χ2v) is 3.93. The third kappa shape index (κ3) is 2.41. The fraction of sp³-hybridized carbons (Fsp3) is 0.556. The van der Waals surface area contributed by atoms with Gasteiger partial charge in [0.25, 0.3) is 5.91 Å². The Morgan fingerprint density at radius 3 is 2.88 bits per heavy atom. The van der Waals surface area contributed by atoms with Crippen LogP contribution >= 0.6 is 0 Å². The smallest absolute Gasteiger partial charge is 0.325 e. The lowest BCUT2D eigenvalue weighted by Gasteiger charge is -2.26. The van der Waals surface area contributed by atoms with Gasteiger partial charge in [-0.2, -0.15) is 0 Å². The van der Waals surface area contributed by atoms with E-state index in [4.69, 9.17) is 5.11 Å². The lowest BCUT2D eigenvalue weighted by molar-refractivity contribution is -0.138. The molecule has 1 unspecified atom stereocenters. The van der Waals surface area contributed by atoms with Crippen LogP contribution in [0.25, 0.3) is 0 Å². The Kier molecular flexibility index (Phi) is 3.05. The van der Waals surface area contributed by atoms with Gasteiger partial charge in [-0.1, -0.05) is 5.21 Å². The SMILES string of the molecule is CC(NC(=O)c1cn(C2CNC2)nn1)C(=O)O. The quantitative estimate of drug-likeness (QED) is 0.597. The summed E-state index contributed by atoms with van der Waals surface area (Å²) in [5, 5.41) is 21.6. The number of nitrogens with zero attached hydrogens (tertiary/aromatic N) is 3. The molecular weight excluding hydrogens is 226 g/mol. The number of nitrogens with one attached hydrogen (secondary N) is 2. The monoisotopic (exact) mass is 239 g/mol. The van der Waals surface area contributed by atoms with E-state index in [9.17, 15) is 9.59 Å². The highest BCUT2D eigenvalue weighted by atomic mass is 16.4. The van der Waals surface area contributed by atoms with E-state index in [2.05, 4.69) is 20.9 Å². The highest BCUT2D eigenvalue weighted by Crippen LogP contribution is 2.09. The second kappa shape index (κ2) is 4.50. The van der Waals surface area contributed by atoms with Gasteiger partial charge in [-0.15, -0.1) is 5.10 Å². The molecule has 1 aliphatic heterocycles. The third-order valence-electron chi connectivity index (χ3n) is 2.59. The molecule has 1 fully saturated rings. The van der Waals surface area contributed by atoms with Gasteiger partial charge in [-0.3, -0.25) is 9.59 Å². The molecule has 2 heterocycles. The number of amides is 1. The predicted molar refractivity (Wildman–Crippen MR) is 56.5 cm³/mol. The van der Waals surface area contributed by atoms with E-state index in [0.29, 0.717) is 0 Å². The minimum Gasteiger partial charge on any atom is -0.480 e. The number of carboxylic acids is 1. The molecule has 17 heavy (non-hydrogen) atoms. The minimum atomic E-state index is -1.09. The Balaban J connectivity index is 1.99. The first-order valence-corrected chi connectivity index (χ1v) is 5.24. The van der Waals surface area contributed by atoms with Crippen LogP contribution < -0.4 is 10.6 Å². The number of carbonyl (C=O) groups excluding carboxylic acids is 1. The number of hydrogen-bond acceptors (Lipinski definition) is 5. The van der Waals surface area contributed by atoms with Crippen molar-refractivity contribution in [3.8, 4) is 0 Å². The molecule has 1 amide bonds. The van der Waals surface area contributed by atoms with E-state index in [-0.39, 0.29) is 11.7 Å². The van der Waals surface area contributed by atoms with Gasteiger partial charge in [0.1, 0.15) is 6.04 Å². The summed E-state index contributed by atoms with van der Waals surface area (Å²) in [5.74, 6) is -1.62. The van der Waals surface area contributed by atoms with Crippen LogP contribution in [-0.2, 0) is 4.79 Å². The highest BCUT2D eigenvalue weighted by Gasteiger charge is 2.22. The molecule has 1 atom stereocenters. The van der Waals surface area contributed by atoms with Crippen molar-refractivity contribution in [2.45, 2.75) is 19.0 Å².